The van der Waals surface area contributed by atoms with Gasteiger partial charge in [0.1, 0.15) is 16.4 Å². The third-order valence-corrected chi connectivity index (χ3v) is 5.66. The van der Waals surface area contributed by atoms with Crippen LogP contribution in [0.2, 0.25) is 0 Å². The number of nitrogens with one attached hydrogen (secondary N) is 1. The molecule has 3 aromatic rings. The lowest BCUT2D eigenvalue weighted by Crippen LogP contribution is -2.28. The summed E-state index contributed by atoms with van der Waals surface area (Å²) in [5.74, 6) is 1.10. The summed E-state index contributed by atoms with van der Waals surface area (Å²) in [6.07, 6.45) is 1.78. The predicted octanol–water partition coefficient (Wildman–Crippen LogP) is 2.44. The highest BCUT2D eigenvalue weighted by molar-refractivity contribution is 7.89. The molecule has 0 aliphatic carbocycles. The number of nitrogens with zero attached hydrogens (tertiary/aromatic N) is 3. The van der Waals surface area contributed by atoms with Crippen LogP contribution in [0.25, 0.3) is 11.4 Å². The number of hydrogen-bond acceptors (Lipinski definition) is 5. The topological polar surface area (TPSA) is 90.0 Å². The molecule has 0 aliphatic heterocycles. The minimum atomic E-state index is -3.66. The Bertz CT molecular complexity index is 955. The van der Waals surface area contributed by atoms with Gasteiger partial charge < -0.3 is 9.09 Å². The second-order valence-electron chi connectivity index (χ2n) is 5.79. The second-order valence-corrected chi connectivity index (χ2v) is 7.50. The van der Waals surface area contributed by atoms with E-state index in [0.29, 0.717) is 12.2 Å². The highest BCUT2D eigenvalue weighted by atomic mass is 32.2. The summed E-state index contributed by atoms with van der Waals surface area (Å²) in [5.41, 5.74) is 2.31. The fourth-order valence-electron chi connectivity index (χ4n) is 2.78. The lowest BCUT2D eigenvalue weighted by atomic mass is 10.2. The van der Waals surface area contributed by atoms with Gasteiger partial charge in [-0.3, -0.25) is 0 Å². The van der Waals surface area contributed by atoms with Crippen molar-refractivity contribution in [3.05, 3.63) is 53.7 Å². The summed E-state index contributed by atoms with van der Waals surface area (Å²) in [4.78, 5) is 4.55. The molecular weight excluding hydrogens is 340 g/mol. The lowest BCUT2D eigenvalue weighted by molar-refractivity contribution is 0.390. The largest absolute Gasteiger partial charge is 0.360 e. The van der Waals surface area contributed by atoms with E-state index < -0.39 is 10.0 Å². The van der Waals surface area contributed by atoms with Gasteiger partial charge in [-0.15, -0.1) is 0 Å². The van der Waals surface area contributed by atoms with Gasteiger partial charge in [0.05, 0.1) is 0 Å². The van der Waals surface area contributed by atoms with Crippen LogP contribution in [0.15, 0.2) is 45.9 Å². The van der Waals surface area contributed by atoms with Crippen molar-refractivity contribution in [2.75, 3.05) is 6.54 Å². The maximum absolute atomic E-state index is 12.5. The van der Waals surface area contributed by atoms with Crippen LogP contribution in [-0.4, -0.2) is 29.7 Å². The molecule has 0 unspecified atom stereocenters. The number of aromatic nitrogens is 3. The van der Waals surface area contributed by atoms with E-state index in [2.05, 4.69) is 14.9 Å². The molecule has 0 amide bonds. The second kappa shape index (κ2) is 6.81. The zero-order chi connectivity index (χ0) is 18.0. The SMILES string of the molecule is Cc1noc(C)c1S(=O)(=O)NCCn1c(C)cnc1-c1ccccc1. The normalized spacial score (nSPS) is 11.8. The number of aryl methyl sites for hydroxylation is 3. The van der Waals surface area contributed by atoms with Crippen molar-refractivity contribution in [1.82, 2.24) is 19.4 Å². The molecule has 3 rings (SSSR count). The van der Waals surface area contributed by atoms with Crippen molar-refractivity contribution < 1.29 is 12.9 Å². The first-order valence-electron chi connectivity index (χ1n) is 7.90. The van der Waals surface area contributed by atoms with Crippen molar-refractivity contribution in [1.29, 1.82) is 0 Å². The summed E-state index contributed by atoms with van der Waals surface area (Å²) in [5, 5.41) is 3.70. The summed E-state index contributed by atoms with van der Waals surface area (Å²) >= 11 is 0. The van der Waals surface area contributed by atoms with Crippen molar-refractivity contribution in [2.45, 2.75) is 32.2 Å². The molecule has 25 heavy (non-hydrogen) atoms. The highest BCUT2D eigenvalue weighted by Gasteiger charge is 2.23. The third kappa shape index (κ3) is 3.49. The minimum Gasteiger partial charge on any atom is -0.360 e. The van der Waals surface area contributed by atoms with Crippen LogP contribution in [0.5, 0.6) is 0 Å². The fourth-order valence-corrected chi connectivity index (χ4v) is 4.13. The molecule has 2 heterocycles. The molecule has 0 saturated carbocycles. The Morgan fingerprint density at radius 2 is 1.88 bits per heavy atom. The predicted molar refractivity (Wildman–Crippen MR) is 93.6 cm³/mol. The number of rotatable bonds is 6. The first kappa shape index (κ1) is 17.4. The van der Waals surface area contributed by atoms with E-state index in [1.807, 2.05) is 41.8 Å². The summed E-state index contributed by atoms with van der Waals surface area (Å²) in [6.45, 7) is 5.85. The molecule has 0 bridgehead atoms. The van der Waals surface area contributed by atoms with E-state index in [-0.39, 0.29) is 17.2 Å². The van der Waals surface area contributed by atoms with Gasteiger partial charge in [0.2, 0.25) is 10.0 Å². The molecule has 0 fully saturated rings. The minimum absolute atomic E-state index is 0.109. The number of benzene rings is 1. The molecule has 7 nitrogen and oxygen atoms in total. The van der Waals surface area contributed by atoms with Gasteiger partial charge in [0.25, 0.3) is 0 Å². The van der Waals surface area contributed by atoms with Crippen LogP contribution < -0.4 is 4.72 Å². The molecule has 1 N–H and O–H groups in total. The van der Waals surface area contributed by atoms with Crippen molar-refractivity contribution in [2.24, 2.45) is 0 Å². The zero-order valence-electron chi connectivity index (χ0n) is 14.4. The summed E-state index contributed by atoms with van der Waals surface area (Å²) in [6, 6.07) is 9.80. The highest BCUT2D eigenvalue weighted by Crippen LogP contribution is 2.20. The van der Waals surface area contributed by atoms with Crippen molar-refractivity contribution >= 4 is 10.0 Å². The Labute approximate surface area is 146 Å². The van der Waals surface area contributed by atoms with Gasteiger partial charge in [-0.2, -0.15) is 0 Å². The maximum atomic E-state index is 12.5. The zero-order valence-corrected chi connectivity index (χ0v) is 15.2. The Hall–Kier alpha value is -2.45. The van der Waals surface area contributed by atoms with E-state index >= 15 is 0 Å². The van der Waals surface area contributed by atoms with Crippen LogP contribution in [0.3, 0.4) is 0 Å². The summed E-state index contributed by atoms with van der Waals surface area (Å²) < 4.78 is 34.5. The molecule has 0 spiro atoms. The average Bonchev–Trinajstić information content (AvgIpc) is 3.11. The van der Waals surface area contributed by atoms with Crippen molar-refractivity contribution in [3.63, 3.8) is 0 Å². The molecule has 2 aromatic heterocycles. The number of hydrogen-bond donors (Lipinski definition) is 1. The van der Waals surface area contributed by atoms with E-state index in [1.165, 1.54) is 0 Å². The Morgan fingerprint density at radius 3 is 2.52 bits per heavy atom. The number of sulfonamides is 1. The fraction of sp³-hybridized carbons (Fsp3) is 0.294. The van der Waals surface area contributed by atoms with Gasteiger partial charge in [-0.1, -0.05) is 35.5 Å². The maximum Gasteiger partial charge on any atom is 0.246 e. The summed E-state index contributed by atoms with van der Waals surface area (Å²) in [7, 11) is -3.66. The standard InChI is InChI=1S/C17H20N4O3S/c1-12-11-18-17(15-7-5-4-6-8-15)21(12)10-9-19-25(22,23)16-13(2)20-24-14(16)3/h4-8,11,19H,9-10H2,1-3H3. The first-order chi connectivity index (χ1) is 11.9. The molecule has 132 valence electrons. The van der Waals surface area contributed by atoms with Gasteiger partial charge in [0.15, 0.2) is 5.76 Å². The lowest BCUT2D eigenvalue weighted by Gasteiger charge is -2.11. The first-order valence-corrected chi connectivity index (χ1v) is 9.38. The third-order valence-electron chi connectivity index (χ3n) is 3.95. The Morgan fingerprint density at radius 1 is 1.16 bits per heavy atom. The van der Waals surface area contributed by atoms with Gasteiger partial charge >= 0.3 is 0 Å². The van der Waals surface area contributed by atoms with Crippen LogP contribution in [0.4, 0.5) is 0 Å². The smallest absolute Gasteiger partial charge is 0.246 e. The van der Waals surface area contributed by atoms with Crippen molar-refractivity contribution in [3.8, 4) is 11.4 Å². The molecule has 1 aromatic carbocycles. The molecule has 0 atom stereocenters. The molecule has 0 radical (unpaired) electrons. The molecule has 8 heteroatoms. The van der Waals surface area contributed by atoms with Crippen LogP contribution >= 0.6 is 0 Å². The quantitative estimate of drug-likeness (QED) is 0.729. The van der Waals surface area contributed by atoms with Crippen LogP contribution in [-0.2, 0) is 16.6 Å². The van der Waals surface area contributed by atoms with Gasteiger partial charge in [-0.05, 0) is 20.8 Å². The molecule has 0 saturated heterocycles. The Balaban J connectivity index is 1.76. The van der Waals surface area contributed by atoms with E-state index in [0.717, 1.165) is 17.1 Å². The van der Waals surface area contributed by atoms with Crippen LogP contribution in [0.1, 0.15) is 17.1 Å². The Kier molecular flexibility index (Phi) is 4.73. The molecule has 0 aliphatic rings. The monoisotopic (exact) mass is 360 g/mol. The van der Waals surface area contributed by atoms with Crippen LogP contribution in [0, 0.1) is 20.8 Å². The number of imidazole rings is 1. The average molecular weight is 360 g/mol. The van der Waals surface area contributed by atoms with Gasteiger partial charge in [-0.25, -0.2) is 18.1 Å². The molecular formula is C17H20N4O3S. The van der Waals surface area contributed by atoms with E-state index in [9.17, 15) is 8.42 Å². The van der Waals surface area contributed by atoms with E-state index in [4.69, 9.17) is 4.52 Å². The van der Waals surface area contributed by atoms with E-state index in [1.54, 1.807) is 20.0 Å². The van der Waals surface area contributed by atoms with Gasteiger partial charge in [0, 0.05) is 30.5 Å².